The van der Waals surface area contributed by atoms with Gasteiger partial charge in [0.15, 0.2) is 0 Å². The number of carbonyl (C=O) groups is 2. The number of benzene rings is 1. The van der Waals surface area contributed by atoms with Gasteiger partial charge in [-0.05, 0) is 56.9 Å². The third-order valence-electron chi connectivity index (χ3n) is 4.36. The number of nitrogens with zero attached hydrogens (tertiary/aromatic N) is 2. The Morgan fingerprint density at radius 1 is 1.14 bits per heavy atom. The van der Waals surface area contributed by atoms with Crippen molar-refractivity contribution in [2.75, 3.05) is 11.4 Å². The quantitative estimate of drug-likeness (QED) is 0.781. The number of hydrogen-bond donors (Lipinski definition) is 0. The van der Waals surface area contributed by atoms with Crippen molar-refractivity contribution in [2.45, 2.75) is 45.2 Å². The highest BCUT2D eigenvalue weighted by atomic mass is 79.9. The van der Waals surface area contributed by atoms with E-state index in [4.69, 9.17) is 0 Å². The number of hydrogen-bond acceptors (Lipinski definition) is 2. The fourth-order valence-electron chi connectivity index (χ4n) is 3.36. The van der Waals surface area contributed by atoms with Crippen molar-refractivity contribution < 1.29 is 9.59 Å². The number of aryl methyl sites for hydroxylation is 1. The molecule has 21 heavy (non-hydrogen) atoms. The number of halogens is 1. The third kappa shape index (κ3) is 2.48. The third-order valence-corrected chi connectivity index (χ3v) is 4.82. The van der Waals surface area contributed by atoms with Crippen LogP contribution < -0.4 is 4.90 Å². The molecule has 0 radical (unpaired) electrons. The molecular weight excluding hydrogens is 332 g/mol. The van der Waals surface area contributed by atoms with Crippen molar-refractivity contribution in [2.24, 2.45) is 0 Å². The van der Waals surface area contributed by atoms with Crippen molar-refractivity contribution in [1.29, 1.82) is 0 Å². The Labute approximate surface area is 133 Å². The van der Waals surface area contributed by atoms with Gasteiger partial charge in [-0.2, -0.15) is 0 Å². The Hall–Kier alpha value is -1.36. The lowest BCUT2D eigenvalue weighted by Gasteiger charge is -2.46. The minimum atomic E-state index is -0.430. The molecule has 0 N–H and O–H groups in total. The topological polar surface area (TPSA) is 40.6 Å². The van der Waals surface area contributed by atoms with Crippen LogP contribution in [0.4, 0.5) is 5.69 Å². The van der Waals surface area contributed by atoms with Gasteiger partial charge in [0.25, 0.3) is 5.91 Å². The molecule has 112 valence electrons. The first-order valence-corrected chi connectivity index (χ1v) is 8.19. The van der Waals surface area contributed by atoms with Gasteiger partial charge in [0.05, 0.1) is 0 Å². The molecule has 1 aromatic carbocycles. The van der Waals surface area contributed by atoms with E-state index in [1.807, 2.05) is 32.0 Å². The number of amides is 2. The van der Waals surface area contributed by atoms with E-state index in [1.165, 1.54) is 0 Å². The summed E-state index contributed by atoms with van der Waals surface area (Å²) < 4.78 is 0.927. The molecule has 2 unspecified atom stereocenters. The number of piperidine rings is 1. The second kappa shape index (κ2) is 5.44. The maximum absolute atomic E-state index is 12.9. The first-order chi connectivity index (χ1) is 9.99. The summed E-state index contributed by atoms with van der Waals surface area (Å²) in [5, 5.41) is 0. The van der Waals surface area contributed by atoms with Gasteiger partial charge in [-0.25, -0.2) is 0 Å². The number of rotatable bonds is 1. The van der Waals surface area contributed by atoms with Crippen LogP contribution in [0.1, 0.15) is 31.7 Å². The van der Waals surface area contributed by atoms with Gasteiger partial charge in [0, 0.05) is 16.7 Å². The van der Waals surface area contributed by atoms with E-state index < -0.39 is 6.04 Å². The van der Waals surface area contributed by atoms with Crippen LogP contribution in [0.5, 0.6) is 0 Å². The molecule has 2 heterocycles. The zero-order valence-corrected chi connectivity index (χ0v) is 13.9. The summed E-state index contributed by atoms with van der Waals surface area (Å²) in [4.78, 5) is 28.9. The number of carbonyl (C=O) groups excluding carboxylic acids is 2. The highest BCUT2D eigenvalue weighted by molar-refractivity contribution is 9.10. The van der Waals surface area contributed by atoms with Gasteiger partial charge in [0.2, 0.25) is 5.91 Å². The highest BCUT2D eigenvalue weighted by Gasteiger charge is 2.45. The largest absolute Gasteiger partial charge is 0.329 e. The van der Waals surface area contributed by atoms with E-state index in [2.05, 4.69) is 15.9 Å². The van der Waals surface area contributed by atoms with E-state index in [0.717, 1.165) is 35.0 Å². The SMILES string of the molecule is Cc1cc(Br)cc(N2C(=O)C3CCCCN3C(=O)C2C)c1. The molecule has 0 aromatic heterocycles. The molecule has 2 saturated heterocycles. The maximum Gasteiger partial charge on any atom is 0.250 e. The van der Waals surface area contributed by atoms with Crippen molar-refractivity contribution >= 4 is 33.4 Å². The average molecular weight is 351 g/mol. The number of anilines is 1. The van der Waals surface area contributed by atoms with Crippen molar-refractivity contribution in [3.63, 3.8) is 0 Å². The van der Waals surface area contributed by atoms with Crippen LogP contribution in [0.2, 0.25) is 0 Å². The van der Waals surface area contributed by atoms with E-state index in [0.29, 0.717) is 6.54 Å². The number of fused-ring (bicyclic) bond motifs is 1. The number of piperazine rings is 1. The minimum Gasteiger partial charge on any atom is -0.329 e. The lowest BCUT2D eigenvalue weighted by Crippen LogP contribution is -2.65. The molecule has 2 fully saturated rings. The second-order valence-electron chi connectivity index (χ2n) is 5.91. The first-order valence-electron chi connectivity index (χ1n) is 7.40. The second-order valence-corrected chi connectivity index (χ2v) is 6.83. The van der Waals surface area contributed by atoms with Crippen LogP contribution in [0, 0.1) is 6.92 Å². The van der Waals surface area contributed by atoms with Gasteiger partial charge >= 0.3 is 0 Å². The zero-order valence-electron chi connectivity index (χ0n) is 12.3. The van der Waals surface area contributed by atoms with E-state index in [-0.39, 0.29) is 17.9 Å². The van der Waals surface area contributed by atoms with Crippen molar-refractivity contribution in [1.82, 2.24) is 4.90 Å². The summed E-state index contributed by atoms with van der Waals surface area (Å²) >= 11 is 3.47. The summed E-state index contributed by atoms with van der Waals surface area (Å²) in [6.07, 6.45) is 2.79. The molecule has 2 amide bonds. The van der Waals surface area contributed by atoms with Crippen LogP contribution >= 0.6 is 15.9 Å². The van der Waals surface area contributed by atoms with Gasteiger partial charge < -0.3 is 4.90 Å². The summed E-state index contributed by atoms with van der Waals surface area (Å²) in [6, 6.07) is 5.16. The summed E-state index contributed by atoms with van der Waals surface area (Å²) in [5.74, 6) is 0.122. The van der Waals surface area contributed by atoms with Crippen molar-refractivity contribution in [3.8, 4) is 0 Å². The van der Waals surface area contributed by atoms with Crippen molar-refractivity contribution in [3.05, 3.63) is 28.2 Å². The van der Waals surface area contributed by atoms with Crippen LogP contribution in [0.15, 0.2) is 22.7 Å². The Kier molecular flexibility index (Phi) is 3.78. The molecule has 3 rings (SSSR count). The molecule has 1 aromatic rings. The van der Waals surface area contributed by atoms with Gasteiger partial charge in [-0.1, -0.05) is 15.9 Å². The smallest absolute Gasteiger partial charge is 0.250 e. The Bertz CT molecular complexity index is 582. The summed E-state index contributed by atoms with van der Waals surface area (Å²) in [5.41, 5.74) is 1.87. The van der Waals surface area contributed by atoms with Crippen LogP contribution in [0.3, 0.4) is 0 Å². The molecule has 4 nitrogen and oxygen atoms in total. The Morgan fingerprint density at radius 3 is 2.62 bits per heavy atom. The van der Waals surface area contributed by atoms with Crippen LogP contribution in [-0.2, 0) is 9.59 Å². The molecule has 0 bridgehead atoms. The Balaban J connectivity index is 2.01. The van der Waals surface area contributed by atoms with Crippen LogP contribution in [0.25, 0.3) is 0 Å². The molecule has 2 aliphatic heterocycles. The van der Waals surface area contributed by atoms with E-state index >= 15 is 0 Å². The average Bonchev–Trinajstić information content (AvgIpc) is 2.44. The molecular formula is C16H19BrN2O2. The van der Waals surface area contributed by atoms with Crippen LogP contribution in [-0.4, -0.2) is 35.3 Å². The molecule has 2 aliphatic rings. The zero-order chi connectivity index (χ0) is 15.1. The molecule has 0 saturated carbocycles. The minimum absolute atomic E-state index is 0.0549. The Morgan fingerprint density at radius 2 is 1.90 bits per heavy atom. The predicted molar refractivity (Wildman–Crippen MR) is 85.2 cm³/mol. The summed E-state index contributed by atoms with van der Waals surface area (Å²) in [7, 11) is 0. The first kappa shape index (κ1) is 14.6. The van der Waals surface area contributed by atoms with E-state index in [1.54, 1.807) is 9.80 Å². The van der Waals surface area contributed by atoms with Gasteiger partial charge in [0.1, 0.15) is 12.1 Å². The predicted octanol–water partition coefficient (Wildman–Crippen LogP) is 2.87. The highest BCUT2D eigenvalue weighted by Crippen LogP contribution is 2.32. The molecule has 5 heteroatoms. The monoisotopic (exact) mass is 350 g/mol. The normalized spacial score (nSPS) is 26.0. The van der Waals surface area contributed by atoms with Gasteiger partial charge in [-0.15, -0.1) is 0 Å². The van der Waals surface area contributed by atoms with Gasteiger partial charge in [-0.3, -0.25) is 14.5 Å². The maximum atomic E-state index is 12.9. The van der Waals surface area contributed by atoms with E-state index in [9.17, 15) is 9.59 Å². The lowest BCUT2D eigenvalue weighted by molar-refractivity contribution is -0.147. The molecule has 0 spiro atoms. The fourth-order valence-corrected chi connectivity index (χ4v) is 3.96. The lowest BCUT2D eigenvalue weighted by atomic mass is 9.95. The molecule has 2 atom stereocenters. The molecule has 0 aliphatic carbocycles. The summed E-state index contributed by atoms with van der Waals surface area (Å²) in [6.45, 7) is 4.52. The standard InChI is InChI=1S/C16H19BrN2O2/c1-10-7-12(17)9-13(8-10)19-11(2)15(20)18-6-4-3-5-14(18)16(19)21/h7-9,11,14H,3-6H2,1-2H3. The fraction of sp³-hybridized carbons (Fsp3) is 0.500.